The van der Waals surface area contributed by atoms with Gasteiger partial charge in [0, 0.05) is 43.6 Å². The van der Waals surface area contributed by atoms with Gasteiger partial charge in [0.1, 0.15) is 11.5 Å². The Morgan fingerprint density at radius 3 is 2.32 bits per heavy atom. The largest absolute Gasteiger partial charge is 0.456 e. The third kappa shape index (κ3) is 3.48. The highest BCUT2D eigenvalue weighted by atomic mass is 32.2. The molecule has 0 fully saturated rings. The van der Waals surface area contributed by atoms with E-state index in [2.05, 4.69) is 118 Å². The van der Waals surface area contributed by atoms with E-state index in [0.29, 0.717) is 11.9 Å². The summed E-state index contributed by atoms with van der Waals surface area (Å²) in [5, 5.41) is 5.84. The Morgan fingerprint density at radius 1 is 0.600 bits per heavy atom. The molecule has 1 aliphatic carbocycles. The van der Waals surface area contributed by atoms with Gasteiger partial charge in [-0.2, -0.15) is 0 Å². The smallest absolute Gasteiger partial charge is 0.235 e. The molecule has 50 heavy (non-hydrogen) atoms. The predicted molar refractivity (Wildman–Crippen MR) is 204 cm³/mol. The molecule has 3 aromatic heterocycles. The number of nitrogens with zero attached hydrogens (tertiary/aromatic N) is 4. The molecule has 2 aliphatic heterocycles. The molecule has 0 radical (unpaired) electrons. The van der Waals surface area contributed by atoms with Gasteiger partial charge in [0.05, 0.1) is 38.7 Å². The van der Waals surface area contributed by atoms with Crippen LogP contribution in [0.4, 0.5) is 0 Å². The maximum Gasteiger partial charge on any atom is 0.235 e. The summed E-state index contributed by atoms with van der Waals surface area (Å²) < 4.78 is 11.1. The van der Waals surface area contributed by atoms with Gasteiger partial charge in [-0.3, -0.25) is 4.57 Å². The lowest BCUT2D eigenvalue weighted by molar-refractivity contribution is 0.486. The minimum absolute atomic E-state index is 0.368. The van der Waals surface area contributed by atoms with Gasteiger partial charge in [-0.05, 0) is 77.6 Å². The number of hydrogen-bond acceptors (Lipinski definition) is 4. The minimum Gasteiger partial charge on any atom is -0.456 e. The average molecular weight is 659 g/mol. The molecule has 5 nitrogen and oxygen atoms in total. The summed E-state index contributed by atoms with van der Waals surface area (Å²) in [6, 6.07) is 45.2. The van der Waals surface area contributed by atoms with Crippen molar-refractivity contribution in [1.82, 2.24) is 19.1 Å². The molecule has 0 spiro atoms. The fourth-order valence-electron chi connectivity index (χ4n) is 8.61. The first-order chi connectivity index (χ1) is 24.8. The second-order valence-corrected chi connectivity index (χ2v) is 14.4. The van der Waals surface area contributed by atoms with Crippen molar-refractivity contribution in [2.45, 2.75) is 17.2 Å². The van der Waals surface area contributed by atoms with Gasteiger partial charge in [0.15, 0.2) is 0 Å². The molecule has 12 rings (SSSR count). The number of ether oxygens (including phenoxy) is 1. The van der Waals surface area contributed by atoms with E-state index in [1.165, 1.54) is 53.6 Å². The number of para-hydroxylation sites is 3. The van der Waals surface area contributed by atoms with E-state index in [1.54, 1.807) is 0 Å². The van der Waals surface area contributed by atoms with Crippen molar-refractivity contribution in [1.29, 1.82) is 0 Å². The van der Waals surface area contributed by atoms with Crippen molar-refractivity contribution < 1.29 is 4.74 Å². The van der Waals surface area contributed by atoms with E-state index in [9.17, 15) is 0 Å². The van der Waals surface area contributed by atoms with Crippen LogP contribution in [-0.2, 0) is 0 Å². The SMILES string of the molecule is C1=C2Sc3ccccc3C2CC(n2c3ccccc3c3ccc4c(c5ccccc5n4-c4nc5c6c(cccc6n4)Oc4ccccc4-5)c32)=C1. The Balaban J connectivity index is 1.17. The van der Waals surface area contributed by atoms with E-state index in [-0.39, 0.29) is 0 Å². The van der Waals surface area contributed by atoms with Gasteiger partial charge >= 0.3 is 0 Å². The number of fused-ring (bicyclic) bond motifs is 12. The molecule has 1 atom stereocenters. The highest BCUT2D eigenvalue weighted by Crippen LogP contribution is 2.54. The van der Waals surface area contributed by atoms with E-state index in [1.807, 2.05) is 42.1 Å². The van der Waals surface area contributed by atoms with Crippen LogP contribution in [-0.4, -0.2) is 19.1 Å². The zero-order chi connectivity index (χ0) is 32.5. The van der Waals surface area contributed by atoms with Gasteiger partial charge in [-0.15, -0.1) is 0 Å². The second kappa shape index (κ2) is 9.74. The van der Waals surface area contributed by atoms with Crippen LogP contribution in [0.2, 0.25) is 0 Å². The van der Waals surface area contributed by atoms with Crippen LogP contribution in [0, 0.1) is 0 Å². The zero-order valence-corrected chi connectivity index (χ0v) is 27.5. The maximum atomic E-state index is 6.31. The monoisotopic (exact) mass is 658 g/mol. The number of allylic oxidation sites excluding steroid dienone is 4. The molecule has 234 valence electrons. The van der Waals surface area contributed by atoms with Gasteiger partial charge in [-0.1, -0.05) is 90.6 Å². The van der Waals surface area contributed by atoms with Crippen molar-refractivity contribution in [2.75, 3.05) is 0 Å². The Bertz CT molecular complexity index is 3040. The molecule has 0 saturated heterocycles. The quantitative estimate of drug-likeness (QED) is 0.185. The van der Waals surface area contributed by atoms with Crippen molar-refractivity contribution in [2.24, 2.45) is 0 Å². The van der Waals surface area contributed by atoms with Crippen molar-refractivity contribution >= 4 is 72.0 Å². The summed E-state index contributed by atoms with van der Waals surface area (Å²) in [6.07, 6.45) is 5.64. The summed E-state index contributed by atoms with van der Waals surface area (Å²) >= 11 is 1.92. The fraction of sp³-hybridized carbons (Fsp3) is 0.0455. The van der Waals surface area contributed by atoms with E-state index < -0.39 is 0 Å². The van der Waals surface area contributed by atoms with Gasteiger partial charge in [0.2, 0.25) is 5.95 Å². The van der Waals surface area contributed by atoms with Crippen molar-refractivity contribution in [3.8, 4) is 28.7 Å². The lowest BCUT2D eigenvalue weighted by atomic mass is 9.90. The van der Waals surface area contributed by atoms with Crippen LogP contribution in [0.15, 0.2) is 149 Å². The van der Waals surface area contributed by atoms with Crippen LogP contribution in [0.1, 0.15) is 17.9 Å². The molecule has 0 bridgehead atoms. The van der Waals surface area contributed by atoms with Crippen LogP contribution in [0.3, 0.4) is 0 Å². The molecule has 1 unspecified atom stereocenters. The van der Waals surface area contributed by atoms with E-state index in [4.69, 9.17) is 14.7 Å². The summed E-state index contributed by atoms with van der Waals surface area (Å²) in [4.78, 5) is 13.4. The summed E-state index contributed by atoms with van der Waals surface area (Å²) in [6.45, 7) is 0. The molecule has 0 saturated carbocycles. The number of benzene rings is 6. The Labute approximate surface area is 290 Å². The predicted octanol–water partition coefficient (Wildman–Crippen LogP) is 11.6. The molecule has 9 aromatic rings. The summed E-state index contributed by atoms with van der Waals surface area (Å²) in [7, 11) is 0. The summed E-state index contributed by atoms with van der Waals surface area (Å²) in [5.41, 5.74) is 10.1. The van der Waals surface area contributed by atoms with E-state index in [0.717, 1.165) is 51.1 Å². The topological polar surface area (TPSA) is 44.9 Å². The fourth-order valence-corrected chi connectivity index (χ4v) is 9.82. The summed E-state index contributed by atoms with van der Waals surface area (Å²) in [5.74, 6) is 2.62. The van der Waals surface area contributed by atoms with Crippen LogP contribution in [0.5, 0.6) is 11.5 Å². The van der Waals surface area contributed by atoms with Crippen LogP contribution >= 0.6 is 11.8 Å². The molecular weight excluding hydrogens is 633 g/mol. The Morgan fingerprint density at radius 2 is 1.38 bits per heavy atom. The first-order valence-electron chi connectivity index (χ1n) is 17.0. The number of hydrogen-bond donors (Lipinski definition) is 0. The lowest BCUT2D eigenvalue weighted by Gasteiger charge is -2.22. The first kappa shape index (κ1) is 26.8. The zero-order valence-electron chi connectivity index (χ0n) is 26.7. The number of rotatable bonds is 2. The molecule has 0 amide bonds. The van der Waals surface area contributed by atoms with Crippen molar-refractivity contribution in [3.63, 3.8) is 0 Å². The maximum absolute atomic E-state index is 6.31. The van der Waals surface area contributed by atoms with Gasteiger partial charge in [0.25, 0.3) is 0 Å². The molecule has 3 aliphatic rings. The van der Waals surface area contributed by atoms with Gasteiger partial charge < -0.3 is 9.30 Å². The second-order valence-electron chi connectivity index (χ2n) is 13.3. The molecular formula is C44H26N4OS. The molecule has 6 aromatic carbocycles. The highest BCUT2D eigenvalue weighted by Gasteiger charge is 2.32. The molecule has 0 N–H and O–H groups in total. The molecule has 5 heterocycles. The first-order valence-corrected chi connectivity index (χ1v) is 17.8. The van der Waals surface area contributed by atoms with Crippen LogP contribution < -0.4 is 4.74 Å². The third-order valence-electron chi connectivity index (χ3n) is 10.7. The van der Waals surface area contributed by atoms with E-state index >= 15 is 0 Å². The number of aromatic nitrogens is 4. The normalized spacial score (nSPS) is 16.0. The standard InChI is InChI=1S/C44H26N4OS/c1-5-15-33-26(10-1)28-21-22-35-40(43(28)47(33)25-20-23-39-31(24-25)27-11-4-8-19-38(27)50-39)29-12-2-6-16-34(29)48(35)44-45-32-14-9-18-37-41(32)42(46-44)30-13-3-7-17-36(30)49-37/h1-23,31H,24H2. The van der Waals surface area contributed by atoms with Crippen molar-refractivity contribution in [3.05, 3.63) is 150 Å². The van der Waals surface area contributed by atoms with Gasteiger partial charge in [-0.25, -0.2) is 9.97 Å². The highest BCUT2D eigenvalue weighted by molar-refractivity contribution is 8.03. The number of thioether (sulfide) groups is 1. The molecule has 6 heteroatoms. The third-order valence-corrected chi connectivity index (χ3v) is 12.0. The minimum atomic E-state index is 0.368. The Kier molecular flexibility index (Phi) is 5.22. The van der Waals surface area contributed by atoms with Crippen LogP contribution in [0.25, 0.3) is 77.4 Å². The Hall–Kier alpha value is -6.11. The lowest BCUT2D eigenvalue weighted by Crippen LogP contribution is -2.07. The average Bonchev–Trinajstić information content (AvgIpc) is 3.82.